The van der Waals surface area contributed by atoms with Crippen LogP contribution < -0.4 is 15.4 Å². The van der Waals surface area contributed by atoms with Crippen LogP contribution in [0.2, 0.25) is 0 Å². The van der Waals surface area contributed by atoms with Crippen molar-refractivity contribution >= 4 is 57.6 Å². The van der Waals surface area contributed by atoms with E-state index < -0.39 is 0 Å². The fraction of sp³-hybridized carbons (Fsp3) is 0.611. The number of halogens is 2. The van der Waals surface area contributed by atoms with Crippen LogP contribution in [-0.2, 0) is 4.74 Å². The topological polar surface area (TPSA) is 54.9 Å². The van der Waals surface area contributed by atoms with Crippen LogP contribution in [0.15, 0.2) is 33.7 Å². The molecular formula is C18H29BrIN3O2S. The van der Waals surface area contributed by atoms with Crippen molar-refractivity contribution in [1.82, 2.24) is 10.6 Å². The number of guanidine groups is 1. The van der Waals surface area contributed by atoms with E-state index in [0.717, 1.165) is 48.8 Å². The SMILES string of the molecule is CN=C(NCC(C)Oc1ccccc1Br)NCC1(SC)CCOCC1.I. The highest BCUT2D eigenvalue weighted by Crippen LogP contribution is 2.32. The molecule has 2 rings (SSSR count). The number of ether oxygens (including phenoxy) is 2. The fourth-order valence-electron chi connectivity index (χ4n) is 2.70. The number of para-hydroxylation sites is 1. The molecule has 148 valence electrons. The van der Waals surface area contributed by atoms with E-state index in [1.165, 1.54) is 0 Å². The zero-order valence-corrected chi connectivity index (χ0v) is 20.3. The number of rotatable bonds is 7. The summed E-state index contributed by atoms with van der Waals surface area (Å²) >= 11 is 5.43. The smallest absolute Gasteiger partial charge is 0.191 e. The summed E-state index contributed by atoms with van der Waals surface area (Å²) in [6, 6.07) is 7.88. The predicted octanol–water partition coefficient (Wildman–Crippen LogP) is 3.91. The van der Waals surface area contributed by atoms with Crippen molar-refractivity contribution in [3.05, 3.63) is 28.7 Å². The van der Waals surface area contributed by atoms with Gasteiger partial charge in [0.1, 0.15) is 11.9 Å². The van der Waals surface area contributed by atoms with Crippen molar-refractivity contribution in [2.75, 3.05) is 39.6 Å². The Bertz CT molecular complexity index is 571. The van der Waals surface area contributed by atoms with E-state index in [0.29, 0.717) is 6.54 Å². The number of aliphatic imine (C=N–C) groups is 1. The first-order valence-electron chi connectivity index (χ1n) is 8.57. The maximum absolute atomic E-state index is 5.96. The first-order chi connectivity index (χ1) is 12.1. The molecule has 1 heterocycles. The van der Waals surface area contributed by atoms with Gasteiger partial charge in [-0.05, 0) is 54.1 Å². The maximum Gasteiger partial charge on any atom is 0.191 e. The molecule has 0 amide bonds. The Kier molecular flexibility index (Phi) is 11.3. The third-order valence-electron chi connectivity index (χ3n) is 4.36. The summed E-state index contributed by atoms with van der Waals surface area (Å²) in [6.45, 7) is 5.28. The van der Waals surface area contributed by atoms with Gasteiger partial charge < -0.3 is 20.1 Å². The van der Waals surface area contributed by atoms with Gasteiger partial charge in [-0.25, -0.2) is 0 Å². The van der Waals surface area contributed by atoms with E-state index in [2.05, 4.69) is 37.8 Å². The van der Waals surface area contributed by atoms with E-state index in [1.807, 2.05) is 43.0 Å². The molecule has 0 saturated carbocycles. The van der Waals surface area contributed by atoms with Crippen molar-refractivity contribution in [3.8, 4) is 5.75 Å². The summed E-state index contributed by atoms with van der Waals surface area (Å²) in [5.41, 5.74) is 0. The van der Waals surface area contributed by atoms with Gasteiger partial charge in [-0.15, -0.1) is 24.0 Å². The third kappa shape index (κ3) is 7.44. The monoisotopic (exact) mass is 557 g/mol. The van der Waals surface area contributed by atoms with Crippen LogP contribution in [0.4, 0.5) is 0 Å². The molecule has 1 aliphatic heterocycles. The molecule has 0 bridgehead atoms. The van der Waals surface area contributed by atoms with Gasteiger partial charge >= 0.3 is 0 Å². The Hall–Kier alpha value is -0.190. The zero-order valence-electron chi connectivity index (χ0n) is 15.6. The van der Waals surface area contributed by atoms with Gasteiger partial charge in [-0.1, -0.05) is 12.1 Å². The lowest BCUT2D eigenvalue weighted by molar-refractivity contribution is 0.0782. The average molecular weight is 558 g/mol. The van der Waals surface area contributed by atoms with Gasteiger partial charge in [-0.2, -0.15) is 11.8 Å². The van der Waals surface area contributed by atoms with Crippen molar-refractivity contribution < 1.29 is 9.47 Å². The van der Waals surface area contributed by atoms with Gasteiger partial charge in [0.15, 0.2) is 5.96 Å². The second kappa shape index (κ2) is 12.3. The highest BCUT2D eigenvalue weighted by molar-refractivity contribution is 14.0. The Labute approximate surface area is 186 Å². The van der Waals surface area contributed by atoms with Crippen LogP contribution in [0, 0.1) is 0 Å². The Morgan fingerprint density at radius 2 is 2.04 bits per heavy atom. The first kappa shape index (κ1) is 23.8. The molecule has 1 aromatic rings. The number of hydrogen-bond donors (Lipinski definition) is 2. The second-order valence-electron chi connectivity index (χ2n) is 6.17. The lowest BCUT2D eigenvalue weighted by atomic mass is 9.99. The van der Waals surface area contributed by atoms with Crippen LogP contribution >= 0.6 is 51.7 Å². The van der Waals surface area contributed by atoms with E-state index >= 15 is 0 Å². The van der Waals surface area contributed by atoms with Crippen LogP contribution in [0.1, 0.15) is 19.8 Å². The second-order valence-corrected chi connectivity index (χ2v) is 8.29. The highest BCUT2D eigenvalue weighted by atomic mass is 127. The van der Waals surface area contributed by atoms with E-state index in [1.54, 1.807) is 7.05 Å². The molecule has 0 aliphatic carbocycles. The number of benzene rings is 1. The largest absolute Gasteiger partial charge is 0.488 e. The number of thioether (sulfide) groups is 1. The standard InChI is InChI=1S/C18H28BrN3O2S.HI/c1-14(24-16-7-5-4-6-15(16)19)12-21-17(20-2)22-13-18(25-3)8-10-23-11-9-18;/h4-7,14H,8-13H2,1-3H3,(H2,20,21,22);1H. The molecule has 8 heteroatoms. The summed E-state index contributed by atoms with van der Waals surface area (Å²) in [5, 5.41) is 6.81. The minimum Gasteiger partial charge on any atom is -0.488 e. The quantitative estimate of drug-likeness (QED) is 0.302. The van der Waals surface area contributed by atoms with Crippen LogP contribution in [0.3, 0.4) is 0 Å². The molecule has 1 unspecified atom stereocenters. The molecule has 1 atom stereocenters. The molecule has 0 spiro atoms. The van der Waals surface area contributed by atoms with E-state index in [4.69, 9.17) is 9.47 Å². The van der Waals surface area contributed by atoms with Gasteiger partial charge in [-0.3, -0.25) is 4.99 Å². The summed E-state index contributed by atoms with van der Waals surface area (Å²) in [4.78, 5) is 4.32. The van der Waals surface area contributed by atoms with Crippen LogP contribution in [0.5, 0.6) is 5.75 Å². The molecule has 1 fully saturated rings. The Morgan fingerprint density at radius 3 is 2.65 bits per heavy atom. The first-order valence-corrected chi connectivity index (χ1v) is 10.6. The van der Waals surface area contributed by atoms with Crippen molar-refractivity contribution in [2.24, 2.45) is 4.99 Å². The highest BCUT2D eigenvalue weighted by Gasteiger charge is 2.31. The number of nitrogens with zero attached hydrogens (tertiary/aromatic N) is 1. The molecule has 2 N–H and O–H groups in total. The molecule has 1 saturated heterocycles. The van der Waals surface area contributed by atoms with E-state index in [9.17, 15) is 0 Å². The summed E-state index contributed by atoms with van der Waals surface area (Å²) in [5.74, 6) is 1.66. The predicted molar refractivity (Wildman–Crippen MR) is 125 cm³/mol. The van der Waals surface area contributed by atoms with Crippen LogP contribution in [0.25, 0.3) is 0 Å². The molecular weight excluding hydrogens is 529 g/mol. The van der Waals surface area contributed by atoms with Gasteiger partial charge in [0, 0.05) is 31.6 Å². The lowest BCUT2D eigenvalue weighted by Crippen LogP contribution is -2.49. The van der Waals surface area contributed by atoms with Crippen LogP contribution in [-0.4, -0.2) is 56.4 Å². The normalized spacial score (nSPS) is 17.8. The van der Waals surface area contributed by atoms with Crippen molar-refractivity contribution in [2.45, 2.75) is 30.6 Å². The molecule has 1 aromatic carbocycles. The minimum atomic E-state index is 0. The van der Waals surface area contributed by atoms with Gasteiger partial charge in [0.25, 0.3) is 0 Å². The lowest BCUT2D eigenvalue weighted by Gasteiger charge is -2.36. The van der Waals surface area contributed by atoms with E-state index in [-0.39, 0.29) is 34.8 Å². The maximum atomic E-state index is 5.96. The van der Waals surface area contributed by atoms with Crippen molar-refractivity contribution in [3.63, 3.8) is 0 Å². The third-order valence-corrected chi connectivity index (χ3v) is 6.43. The molecule has 0 radical (unpaired) electrons. The van der Waals surface area contributed by atoms with Crippen molar-refractivity contribution in [1.29, 1.82) is 0 Å². The molecule has 5 nitrogen and oxygen atoms in total. The zero-order chi connectivity index (χ0) is 18.1. The summed E-state index contributed by atoms with van der Waals surface area (Å²) < 4.78 is 12.7. The van der Waals surface area contributed by atoms with Gasteiger partial charge in [0.2, 0.25) is 0 Å². The Morgan fingerprint density at radius 1 is 1.35 bits per heavy atom. The fourth-order valence-corrected chi connectivity index (χ4v) is 3.87. The number of nitrogens with one attached hydrogen (secondary N) is 2. The molecule has 26 heavy (non-hydrogen) atoms. The molecule has 1 aliphatic rings. The molecule has 0 aromatic heterocycles. The summed E-state index contributed by atoms with van der Waals surface area (Å²) in [6.07, 6.45) is 4.34. The average Bonchev–Trinajstić information content (AvgIpc) is 2.64. The summed E-state index contributed by atoms with van der Waals surface area (Å²) in [7, 11) is 1.80. The number of hydrogen-bond acceptors (Lipinski definition) is 4. The minimum absolute atomic E-state index is 0. The van der Waals surface area contributed by atoms with Gasteiger partial charge in [0.05, 0.1) is 11.0 Å². The Balaban J connectivity index is 0.00000338.